The summed E-state index contributed by atoms with van der Waals surface area (Å²) in [6, 6.07) is 0. The standard InChI is InChI=1S/C12H21FO/c1-7-5-9-10(13)4-3-8(2)12(9)11(14)6-7/h7-12,14H,3-6H2,1-2H3. The van der Waals surface area contributed by atoms with Gasteiger partial charge >= 0.3 is 0 Å². The van der Waals surface area contributed by atoms with Gasteiger partial charge in [0.05, 0.1) is 6.10 Å². The molecule has 1 nitrogen and oxygen atoms in total. The van der Waals surface area contributed by atoms with Crippen LogP contribution in [0, 0.1) is 23.7 Å². The smallest absolute Gasteiger partial charge is 0.103 e. The Kier molecular flexibility index (Phi) is 2.83. The highest BCUT2D eigenvalue weighted by atomic mass is 19.1. The molecule has 2 rings (SSSR count). The monoisotopic (exact) mass is 200 g/mol. The first-order valence-corrected chi connectivity index (χ1v) is 5.91. The molecule has 0 aliphatic heterocycles. The van der Waals surface area contributed by atoms with Crippen molar-refractivity contribution in [3.05, 3.63) is 0 Å². The summed E-state index contributed by atoms with van der Waals surface area (Å²) in [6.07, 6.45) is 2.60. The minimum absolute atomic E-state index is 0.137. The summed E-state index contributed by atoms with van der Waals surface area (Å²) in [4.78, 5) is 0. The summed E-state index contributed by atoms with van der Waals surface area (Å²) < 4.78 is 13.7. The summed E-state index contributed by atoms with van der Waals surface area (Å²) in [7, 11) is 0. The zero-order chi connectivity index (χ0) is 10.3. The molecule has 0 aromatic rings. The SMILES string of the molecule is CC1CC(O)C2C(C)CCC(F)C2C1. The zero-order valence-corrected chi connectivity index (χ0v) is 9.12. The Morgan fingerprint density at radius 3 is 2.57 bits per heavy atom. The van der Waals surface area contributed by atoms with Gasteiger partial charge in [-0.25, -0.2) is 4.39 Å². The molecule has 0 aromatic heterocycles. The number of rotatable bonds is 0. The minimum Gasteiger partial charge on any atom is -0.393 e. The molecule has 2 fully saturated rings. The molecule has 2 aliphatic carbocycles. The minimum atomic E-state index is -0.659. The number of aliphatic hydroxyl groups is 1. The lowest BCUT2D eigenvalue weighted by atomic mass is 9.62. The van der Waals surface area contributed by atoms with Crippen LogP contribution in [0.25, 0.3) is 0 Å². The van der Waals surface area contributed by atoms with Crippen LogP contribution < -0.4 is 0 Å². The molecule has 82 valence electrons. The van der Waals surface area contributed by atoms with E-state index in [4.69, 9.17) is 0 Å². The first-order chi connectivity index (χ1) is 6.59. The highest BCUT2D eigenvalue weighted by Crippen LogP contribution is 2.46. The van der Waals surface area contributed by atoms with Gasteiger partial charge in [-0.15, -0.1) is 0 Å². The van der Waals surface area contributed by atoms with Gasteiger partial charge in [-0.05, 0) is 49.4 Å². The zero-order valence-electron chi connectivity index (χ0n) is 9.12. The van der Waals surface area contributed by atoms with E-state index in [1.807, 2.05) is 0 Å². The first kappa shape index (κ1) is 10.4. The Morgan fingerprint density at radius 2 is 1.86 bits per heavy atom. The van der Waals surface area contributed by atoms with Gasteiger partial charge in [0.1, 0.15) is 6.17 Å². The molecule has 0 saturated heterocycles. The second-order valence-electron chi connectivity index (χ2n) is 5.46. The fraction of sp³-hybridized carbons (Fsp3) is 1.00. The van der Waals surface area contributed by atoms with Crippen LogP contribution >= 0.6 is 0 Å². The molecule has 6 atom stereocenters. The highest BCUT2D eigenvalue weighted by Gasteiger charge is 2.45. The first-order valence-electron chi connectivity index (χ1n) is 5.91. The number of halogens is 1. The Morgan fingerprint density at radius 1 is 1.14 bits per heavy atom. The number of aliphatic hydroxyl groups excluding tert-OH is 1. The van der Waals surface area contributed by atoms with Crippen molar-refractivity contribution < 1.29 is 9.50 Å². The summed E-state index contributed by atoms with van der Waals surface area (Å²) in [5, 5.41) is 10.00. The van der Waals surface area contributed by atoms with E-state index in [0.29, 0.717) is 18.3 Å². The van der Waals surface area contributed by atoms with E-state index in [9.17, 15) is 9.50 Å². The van der Waals surface area contributed by atoms with Crippen LogP contribution in [0.4, 0.5) is 4.39 Å². The second kappa shape index (κ2) is 3.80. The third-order valence-corrected chi connectivity index (χ3v) is 4.28. The maximum absolute atomic E-state index is 13.7. The van der Waals surface area contributed by atoms with E-state index in [-0.39, 0.29) is 17.9 Å². The van der Waals surface area contributed by atoms with Crippen molar-refractivity contribution in [3.63, 3.8) is 0 Å². The predicted molar refractivity (Wildman–Crippen MR) is 54.7 cm³/mol. The molecule has 0 radical (unpaired) electrons. The lowest BCUT2D eigenvalue weighted by molar-refractivity contribution is -0.0680. The van der Waals surface area contributed by atoms with Crippen LogP contribution in [-0.4, -0.2) is 17.4 Å². The van der Waals surface area contributed by atoms with Crippen molar-refractivity contribution >= 4 is 0 Å². The van der Waals surface area contributed by atoms with E-state index >= 15 is 0 Å². The van der Waals surface area contributed by atoms with E-state index < -0.39 is 6.17 Å². The molecule has 0 spiro atoms. The molecule has 2 heteroatoms. The van der Waals surface area contributed by atoms with Crippen LogP contribution in [0.5, 0.6) is 0 Å². The maximum Gasteiger partial charge on any atom is 0.103 e. The molecule has 1 N–H and O–H groups in total. The summed E-state index contributed by atoms with van der Waals surface area (Å²) >= 11 is 0. The molecule has 0 bridgehead atoms. The van der Waals surface area contributed by atoms with Crippen molar-refractivity contribution in [1.29, 1.82) is 0 Å². The fourth-order valence-corrected chi connectivity index (χ4v) is 3.59. The fourth-order valence-electron chi connectivity index (χ4n) is 3.59. The average Bonchev–Trinajstić information content (AvgIpc) is 2.10. The lowest BCUT2D eigenvalue weighted by Gasteiger charge is -2.46. The Hall–Kier alpha value is -0.110. The molecular formula is C12H21FO. The normalized spacial score (nSPS) is 54.0. The Bertz CT molecular complexity index is 206. The Balaban J connectivity index is 2.14. The van der Waals surface area contributed by atoms with E-state index in [1.165, 1.54) is 0 Å². The van der Waals surface area contributed by atoms with Crippen LogP contribution in [0.2, 0.25) is 0 Å². The van der Waals surface area contributed by atoms with Crippen molar-refractivity contribution in [2.45, 2.75) is 51.8 Å². The largest absolute Gasteiger partial charge is 0.393 e. The van der Waals surface area contributed by atoms with Gasteiger partial charge in [-0.2, -0.15) is 0 Å². The third-order valence-electron chi connectivity index (χ3n) is 4.28. The average molecular weight is 200 g/mol. The van der Waals surface area contributed by atoms with Crippen LogP contribution in [-0.2, 0) is 0 Å². The molecule has 0 heterocycles. The summed E-state index contributed by atoms with van der Waals surface area (Å²) in [5.74, 6) is 1.37. The number of hydrogen-bond donors (Lipinski definition) is 1. The van der Waals surface area contributed by atoms with Gasteiger partial charge in [0.15, 0.2) is 0 Å². The van der Waals surface area contributed by atoms with E-state index in [1.54, 1.807) is 0 Å². The quantitative estimate of drug-likeness (QED) is 0.637. The summed E-state index contributed by atoms with van der Waals surface area (Å²) in [5.41, 5.74) is 0. The van der Waals surface area contributed by atoms with E-state index in [0.717, 1.165) is 19.3 Å². The highest BCUT2D eigenvalue weighted by molar-refractivity contribution is 4.94. The number of fused-ring (bicyclic) bond motifs is 1. The van der Waals surface area contributed by atoms with Gasteiger partial charge in [0.2, 0.25) is 0 Å². The topological polar surface area (TPSA) is 20.2 Å². The Labute approximate surface area is 85.7 Å². The third kappa shape index (κ3) is 1.69. The molecule has 14 heavy (non-hydrogen) atoms. The second-order valence-corrected chi connectivity index (χ2v) is 5.46. The van der Waals surface area contributed by atoms with Crippen LogP contribution in [0.1, 0.15) is 39.5 Å². The van der Waals surface area contributed by atoms with Crippen molar-refractivity contribution in [3.8, 4) is 0 Å². The van der Waals surface area contributed by atoms with E-state index in [2.05, 4.69) is 13.8 Å². The van der Waals surface area contributed by atoms with Gasteiger partial charge in [0.25, 0.3) is 0 Å². The number of alkyl halides is 1. The number of hydrogen-bond acceptors (Lipinski definition) is 1. The van der Waals surface area contributed by atoms with Gasteiger partial charge in [-0.1, -0.05) is 13.8 Å². The molecule has 0 aromatic carbocycles. The maximum atomic E-state index is 13.7. The van der Waals surface area contributed by atoms with Crippen molar-refractivity contribution in [2.24, 2.45) is 23.7 Å². The lowest BCUT2D eigenvalue weighted by Crippen LogP contribution is -2.46. The van der Waals surface area contributed by atoms with Crippen molar-refractivity contribution in [1.82, 2.24) is 0 Å². The van der Waals surface area contributed by atoms with Crippen LogP contribution in [0.3, 0.4) is 0 Å². The van der Waals surface area contributed by atoms with Crippen molar-refractivity contribution in [2.75, 3.05) is 0 Å². The molecular weight excluding hydrogens is 179 g/mol. The predicted octanol–water partition coefficient (Wildman–Crippen LogP) is 2.78. The molecule has 2 saturated carbocycles. The van der Waals surface area contributed by atoms with Gasteiger partial charge < -0.3 is 5.11 Å². The molecule has 2 aliphatic rings. The molecule has 6 unspecified atom stereocenters. The van der Waals surface area contributed by atoms with Gasteiger partial charge in [0, 0.05) is 0 Å². The van der Waals surface area contributed by atoms with Gasteiger partial charge in [-0.3, -0.25) is 0 Å². The molecule has 0 amide bonds. The van der Waals surface area contributed by atoms with Crippen LogP contribution in [0.15, 0.2) is 0 Å². The summed E-state index contributed by atoms with van der Waals surface area (Å²) in [6.45, 7) is 4.30.